The molecular formula is C23H27N3O3S. The van der Waals surface area contributed by atoms with E-state index in [9.17, 15) is 15.0 Å². The number of aliphatic hydroxyl groups is 1. The zero-order valence-corrected chi connectivity index (χ0v) is 17.4. The van der Waals surface area contributed by atoms with Gasteiger partial charge in [-0.25, -0.2) is 4.79 Å². The molecule has 6 nitrogen and oxygen atoms in total. The van der Waals surface area contributed by atoms with Gasteiger partial charge in [0.25, 0.3) is 0 Å². The Hall–Kier alpha value is -2.74. The van der Waals surface area contributed by atoms with Crippen molar-refractivity contribution >= 4 is 17.4 Å². The fourth-order valence-electron chi connectivity index (χ4n) is 3.72. The van der Waals surface area contributed by atoms with Gasteiger partial charge in [-0.1, -0.05) is 60.7 Å². The van der Waals surface area contributed by atoms with E-state index in [4.69, 9.17) is 5.73 Å². The summed E-state index contributed by atoms with van der Waals surface area (Å²) < 4.78 is 0. The highest BCUT2D eigenvalue weighted by Gasteiger charge is 2.33. The number of benzene rings is 2. The number of amides is 1. The highest BCUT2D eigenvalue weighted by atomic mass is 32.1. The molecule has 3 rings (SSSR count). The van der Waals surface area contributed by atoms with E-state index in [-0.39, 0.29) is 12.0 Å². The first-order chi connectivity index (χ1) is 14.5. The molecule has 4 unspecified atom stereocenters. The van der Waals surface area contributed by atoms with Crippen LogP contribution in [0.3, 0.4) is 0 Å². The lowest BCUT2D eigenvalue weighted by molar-refractivity contribution is 0.0554. The minimum Gasteiger partial charge on any atom is -0.465 e. The lowest BCUT2D eigenvalue weighted by atomic mass is 9.82. The summed E-state index contributed by atoms with van der Waals surface area (Å²) in [7, 11) is 0. The molecule has 0 saturated heterocycles. The molecule has 0 fully saturated rings. The number of hydrogen-bond donors (Lipinski definition) is 4. The molecular weight excluding hydrogens is 398 g/mol. The third kappa shape index (κ3) is 6.38. The Balaban J connectivity index is 1.83. The monoisotopic (exact) mass is 425 g/mol. The Labute approximate surface area is 180 Å². The molecule has 30 heavy (non-hydrogen) atoms. The molecule has 0 bridgehead atoms. The van der Waals surface area contributed by atoms with Gasteiger partial charge in [0.15, 0.2) is 0 Å². The lowest BCUT2D eigenvalue weighted by Gasteiger charge is -2.33. The van der Waals surface area contributed by atoms with Crippen LogP contribution >= 0.6 is 11.3 Å². The van der Waals surface area contributed by atoms with Crippen molar-refractivity contribution in [2.24, 2.45) is 11.7 Å². The Morgan fingerprint density at radius 3 is 2.13 bits per heavy atom. The van der Waals surface area contributed by atoms with Gasteiger partial charge in [0.2, 0.25) is 0 Å². The minimum absolute atomic E-state index is 0.341. The molecule has 1 amide bonds. The van der Waals surface area contributed by atoms with Crippen LogP contribution in [0.4, 0.5) is 4.79 Å². The smallest absolute Gasteiger partial charge is 0.404 e. The molecule has 0 spiro atoms. The molecule has 1 heterocycles. The first kappa shape index (κ1) is 22.0. The van der Waals surface area contributed by atoms with Crippen molar-refractivity contribution in [2.75, 3.05) is 0 Å². The maximum absolute atomic E-state index is 11.4. The van der Waals surface area contributed by atoms with Gasteiger partial charge in [0, 0.05) is 23.0 Å². The number of aliphatic hydroxyl groups excluding tert-OH is 1. The first-order valence-corrected chi connectivity index (χ1v) is 10.8. The second-order valence-electron chi connectivity index (χ2n) is 7.43. The normalized spacial score (nSPS) is 15.1. The predicted octanol–water partition coefficient (Wildman–Crippen LogP) is 3.11. The molecule has 4 atom stereocenters. The molecule has 0 saturated carbocycles. The van der Waals surface area contributed by atoms with Gasteiger partial charge in [0.05, 0.1) is 17.7 Å². The number of rotatable bonds is 10. The van der Waals surface area contributed by atoms with Crippen LogP contribution in [0.25, 0.3) is 0 Å². The predicted molar refractivity (Wildman–Crippen MR) is 119 cm³/mol. The Bertz CT molecular complexity index is 891. The van der Waals surface area contributed by atoms with E-state index in [0.29, 0.717) is 19.3 Å². The maximum atomic E-state index is 11.4. The third-order valence-electron chi connectivity index (χ3n) is 5.24. The van der Waals surface area contributed by atoms with Crippen LogP contribution in [-0.4, -0.2) is 39.5 Å². The number of carboxylic acid groups (broad SMARTS) is 1. The van der Waals surface area contributed by atoms with Crippen LogP contribution in [0.15, 0.2) is 72.4 Å². The van der Waals surface area contributed by atoms with E-state index < -0.39 is 18.2 Å². The average molecular weight is 426 g/mol. The zero-order chi connectivity index (χ0) is 21.3. The summed E-state index contributed by atoms with van der Waals surface area (Å²) in [5, 5.41) is 23.2. The van der Waals surface area contributed by atoms with E-state index >= 15 is 0 Å². The minimum atomic E-state index is -1.16. The molecule has 1 aromatic heterocycles. The summed E-state index contributed by atoms with van der Waals surface area (Å²) in [5.74, 6) is -0.341. The number of nitrogens with zero attached hydrogens (tertiary/aromatic N) is 1. The highest BCUT2D eigenvalue weighted by molar-refractivity contribution is 7.09. The van der Waals surface area contributed by atoms with Gasteiger partial charge in [0.1, 0.15) is 0 Å². The van der Waals surface area contributed by atoms with E-state index in [1.807, 2.05) is 60.7 Å². The quantitative estimate of drug-likeness (QED) is 0.399. The molecule has 2 aromatic carbocycles. The summed E-state index contributed by atoms with van der Waals surface area (Å²) in [5.41, 5.74) is 10.4. The third-order valence-corrected chi connectivity index (χ3v) is 6.04. The van der Waals surface area contributed by atoms with Gasteiger partial charge in [-0.15, -0.1) is 11.3 Å². The molecule has 0 radical (unpaired) electrons. The van der Waals surface area contributed by atoms with Crippen molar-refractivity contribution in [3.8, 4) is 0 Å². The van der Waals surface area contributed by atoms with Crippen LogP contribution in [0.1, 0.15) is 16.0 Å². The number of hydrogen-bond acceptors (Lipinski definition) is 5. The summed E-state index contributed by atoms with van der Waals surface area (Å²) in [6, 6.07) is 18.4. The number of thiazole rings is 1. The first-order valence-electron chi connectivity index (χ1n) is 9.91. The Kier molecular flexibility index (Phi) is 7.96. The molecule has 5 N–H and O–H groups in total. The maximum Gasteiger partial charge on any atom is 0.404 e. The van der Waals surface area contributed by atoms with Crippen LogP contribution in [-0.2, 0) is 19.3 Å². The van der Waals surface area contributed by atoms with Gasteiger partial charge in [-0.2, -0.15) is 0 Å². The number of nitrogens with two attached hydrogens (primary N) is 1. The van der Waals surface area contributed by atoms with Crippen molar-refractivity contribution in [2.45, 2.75) is 37.5 Å². The fourth-order valence-corrected chi connectivity index (χ4v) is 4.39. The van der Waals surface area contributed by atoms with E-state index in [1.165, 1.54) is 11.3 Å². The molecule has 158 valence electrons. The number of carbonyl (C=O) groups is 1. The second kappa shape index (κ2) is 10.9. The SMILES string of the molecule is NC(Cc1ccccc1)C(Cc1cncs1)C(O)C(Cc1ccccc1)NC(=O)O. The fraction of sp³-hybridized carbons (Fsp3) is 0.304. The van der Waals surface area contributed by atoms with Gasteiger partial charge in [-0.05, 0) is 30.4 Å². The molecule has 0 aliphatic heterocycles. The summed E-state index contributed by atoms with van der Waals surface area (Å²) >= 11 is 1.51. The molecule has 7 heteroatoms. The molecule has 3 aromatic rings. The Morgan fingerprint density at radius 1 is 1.00 bits per heavy atom. The van der Waals surface area contributed by atoms with Crippen molar-refractivity contribution in [1.29, 1.82) is 0 Å². The second-order valence-corrected chi connectivity index (χ2v) is 8.40. The zero-order valence-electron chi connectivity index (χ0n) is 16.6. The standard InChI is InChI=1S/C23H27N3O3S/c24-20(11-16-7-3-1-4-8-16)19(13-18-14-25-15-30-18)22(27)21(26-23(28)29)12-17-9-5-2-6-10-17/h1-10,14-15,19-22,26-27H,11-13,24H2,(H,28,29). The summed E-state index contributed by atoms with van der Waals surface area (Å²) in [4.78, 5) is 16.6. The van der Waals surface area contributed by atoms with Crippen molar-refractivity contribution in [3.05, 3.63) is 88.4 Å². The molecule has 0 aliphatic rings. The van der Waals surface area contributed by atoms with Crippen molar-refractivity contribution < 1.29 is 15.0 Å². The highest BCUT2D eigenvalue weighted by Crippen LogP contribution is 2.24. The lowest BCUT2D eigenvalue weighted by Crippen LogP contribution is -2.52. The largest absolute Gasteiger partial charge is 0.465 e. The van der Waals surface area contributed by atoms with Crippen molar-refractivity contribution in [3.63, 3.8) is 0 Å². The van der Waals surface area contributed by atoms with Gasteiger partial charge in [-0.3, -0.25) is 4.98 Å². The average Bonchev–Trinajstić information content (AvgIpc) is 3.25. The molecule has 0 aliphatic carbocycles. The van der Waals surface area contributed by atoms with Crippen LogP contribution in [0.5, 0.6) is 0 Å². The summed E-state index contributed by atoms with van der Waals surface area (Å²) in [6.07, 6.45) is 1.16. The van der Waals surface area contributed by atoms with Gasteiger partial charge < -0.3 is 21.3 Å². The van der Waals surface area contributed by atoms with Crippen molar-refractivity contribution in [1.82, 2.24) is 10.3 Å². The topological polar surface area (TPSA) is 108 Å². The van der Waals surface area contributed by atoms with E-state index in [1.54, 1.807) is 11.7 Å². The van der Waals surface area contributed by atoms with E-state index in [2.05, 4.69) is 10.3 Å². The number of aromatic nitrogens is 1. The van der Waals surface area contributed by atoms with Crippen LogP contribution < -0.4 is 11.1 Å². The van der Waals surface area contributed by atoms with E-state index in [0.717, 1.165) is 16.0 Å². The Morgan fingerprint density at radius 2 is 1.60 bits per heavy atom. The summed E-state index contributed by atoms with van der Waals surface area (Å²) in [6.45, 7) is 0. The number of nitrogens with one attached hydrogen (secondary N) is 1. The van der Waals surface area contributed by atoms with Crippen LogP contribution in [0, 0.1) is 5.92 Å². The van der Waals surface area contributed by atoms with Gasteiger partial charge >= 0.3 is 6.09 Å². The van der Waals surface area contributed by atoms with Crippen LogP contribution in [0.2, 0.25) is 0 Å².